The molecule has 0 aliphatic heterocycles. The molecule has 40 heavy (non-hydrogen) atoms. The molecule has 1 rings (SSSR count). The Bertz CT molecular complexity index is 789. The van der Waals surface area contributed by atoms with Crippen LogP contribution >= 0.6 is 0 Å². The summed E-state index contributed by atoms with van der Waals surface area (Å²) in [5, 5.41) is 20.8. The van der Waals surface area contributed by atoms with Gasteiger partial charge >= 0.3 is 6.16 Å². The zero-order valence-corrected chi connectivity index (χ0v) is 26.6. The number of rotatable bonds is 26. The number of phenolic OH excluding ortho intramolecular Hbond substituents is 1. The van der Waals surface area contributed by atoms with Crippen LogP contribution in [0.1, 0.15) is 172 Å². The standard InChI is InChI=1S/C35H62O5/c1-5-8-11-14-17-20-23-26-29-30(27-24-21-18-15-12-9-6-2)32(36)34(40-35(37)38)33(39-4)31(29)28-25-22-19-16-13-10-7-3/h36H,5-28H2,1-4H3,(H,37,38). The SMILES string of the molecule is CCCCCCCCCc1c(O)c(OC(=O)O)c(OC)c(CCCCCCCCC)c1CCCCCCCCC. The summed E-state index contributed by atoms with van der Waals surface area (Å²) in [6, 6.07) is 0. The summed E-state index contributed by atoms with van der Waals surface area (Å²) in [5.41, 5.74) is 3.11. The van der Waals surface area contributed by atoms with E-state index < -0.39 is 6.16 Å². The quantitative estimate of drug-likeness (QED) is 0.0667. The molecular weight excluding hydrogens is 500 g/mol. The first-order valence-electron chi connectivity index (χ1n) is 16.9. The normalized spacial score (nSPS) is 11.2. The third kappa shape index (κ3) is 14.6. The Hall–Kier alpha value is -1.91. The molecule has 0 saturated carbocycles. The van der Waals surface area contributed by atoms with Crippen LogP contribution in [-0.2, 0) is 19.3 Å². The molecule has 0 radical (unpaired) electrons. The Morgan fingerprint density at radius 2 is 0.875 bits per heavy atom. The van der Waals surface area contributed by atoms with Gasteiger partial charge in [0.05, 0.1) is 7.11 Å². The number of hydrogen-bond acceptors (Lipinski definition) is 4. The van der Waals surface area contributed by atoms with Crippen LogP contribution in [0.15, 0.2) is 0 Å². The van der Waals surface area contributed by atoms with Crippen LogP contribution in [0, 0.1) is 0 Å². The lowest BCUT2D eigenvalue weighted by atomic mass is 9.88. The largest absolute Gasteiger partial charge is 0.511 e. The molecule has 5 nitrogen and oxygen atoms in total. The summed E-state index contributed by atoms with van der Waals surface area (Å²) in [6.07, 6.45) is 26.6. The second-order valence-corrected chi connectivity index (χ2v) is 11.6. The summed E-state index contributed by atoms with van der Waals surface area (Å²) in [4.78, 5) is 11.6. The number of methoxy groups -OCH3 is 1. The van der Waals surface area contributed by atoms with Gasteiger partial charge in [-0.1, -0.05) is 136 Å². The number of carbonyl (C=O) groups is 1. The predicted octanol–water partition coefficient (Wildman–Crippen LogP) is 11.3. The van der Waals surface area contributed by atoms with E-state index in [1.54, 1.807) is 7.11 Å². The Balaban J connectivity index is 3.15. The van der Waals surface area contributed by atoms with Crippen LogP contribution in [0.3, 0.4) is 0 Å². The van der Waals surface area contributed by atoms with Crippen molar-refractivity contribution < 1.29 is 24.5 Å². The summed E-state index contributed by atoms with van der Waals surface area (Å²) < 4.78 is 10.9. The fourth-order valence-corrected chi connectivity index (χ4v) is 5.85. The molecule has 0 fully saturated rings. The lowest BCUT2D eigenvalue weighted by Gasteiger charge is -2.23. The maximum atomic E-state index is 11.6. The third-order valence-electron chi connectivity index (χ3n) is 8.19. The number of carboxylic acid groups (broad SMARTS) is 1. The number of phenols is 1. The molecule has 0 amide bonds. The minimum atomic E-state index is -1.42. The first-order chi connectivity index (χ1) is 19.5. The molecule has 0 unspecified atom stereocenters. The van der Waals surface area contributed by atoms with E-state index in [0.29, 0.717) is 5.75 Å². The van der Waals surface area contributed by atoms with Crippen LogP contribution in [0.25, 0.3) is 0 Å². The van der Waals surface area contributed by atoms with Crippen LogP contribution in [-0.4, -0.2) is 23.5 Å². The van der Waals surface area contributed by atoms with Crippen molar-refractivity contribution in [2.24, 2.45) is 0 Å². The minimum Gasteiger partial charge on any atom is -0.504 e. The van der Waals surface area contributed by atoms with E-state index in [1.807, 2.05) is 0 Å². The number of benzene rings is 1. The van der Waals surface area contributed by atoms with Gasteiger partial charge in [-0.2, -0.15) is 0 Å². The Morgan fingerprint density at radius 3 is 1.25 bits per heavy atom. The van der Waals surface area contributed by atoms with Gasteiger partial charge in [0, 0.05) is 11.1 Å². The topological polar surface area (TPSA) is 76.0 Å². The Morgan fingerprint density at radius 1 is 0.525 bits per heavy atom. The van der Waals surface area contributed by atoms with Gasteiger partial charge in [-0.05, 0) is 44.1 Å². The highest BCUT2D eigenvalue weighted by Crippen LogP contribution is 2.47. The molecule has 5 heteroatoms. The van der Waals surface area contributed by atoms with Crippen molar-refractivity contribution in [1.29, 1.82) is 0 Å². The van der Waals surface area contributed by atoms with E-state index in [4.69, 9.17) is 9.47 Å². The predicted molar refractivity (Wildman–Crippen MR) is 168 cm³/mol. The first-order valence-corrected chi connectivity index (χ1v) is 16.9. The highest BCUT2D eigenvalue weighted by atomic mass is 16.7. The average molecular weight is 563 g/mol. The van der Waals surface area contributed by atoms with E-state index in [2.05, 4.69) is 20.8 Å². The molecule has 0 bridgehead atoms. The molecule has 0 aliphatic rings. The van der Waals surface area contributed by atoms with E-state index in [1.165, 1.54) is 108 Å². The molecule has 0 saturated heterocycles. The highest BCUT2D eigenvalue weighted by Gasteiger charge is 2.26. The van der Waals surface area contributed by atoms with Gasteiger partial charge in [-0.15, -0.1) is 0 Å². The molecule has 0 aromatic heterocycles. The zero-order chi connectivity index (χ0) is 29.4. The molecular formula is C35H62O5. The lowest BCUT2D eigenvalue weighted by Crippen LogP contribution is -2.11. The van der Waals surface area contributed by atoms with Crippen molar-refractivity contribution in [2.75, 3.05) is 7.11 Å². The average Bonchev–Trinajstić information content (AvgIpc) is 2.94. The van der Waals surface area contributed by atoms with E-state index in [0.717, 1.165) is 62.5 Å². The molecule has 2 N–H and O–H groups in total. The number of aromatic hydroxyl groups is 1. The van der Waals surface area contributed by atoms with Crippen LogP contribution in [0.5, 0.6) is 17.2 Å². The van der Waals surface area contributed by atoms with Crippen LogP contribution in [0.2, 0.25) is 0 Å². The van der Waals surface area contributed by atoms with Crippen molar-refractivity contribution in [1.82, 2.24) is 0 Å². The van der Waals surface area contributed by atoms with E-state index >= 15 is 0 Å². The Kier molecular flexibility index (Phi) is 21.5. The monoisotopic (exact) mass is 562 g/mol. The Labute approximate surface area is 246 Å². The summed E-state index contributed by atoms with van der Waals surface area (Å²) in [7, 11) is 1.56. The van der Waals surface area contributed by atoms with Crippen molar-refractivity contribution in [3.05, 3.63) is 16.7 Å². The van der Waals surface area contributed by atoms with Gasteiger partial charge in [0.1, 0.15) is 0 Å². The maximum Gasteiger partial charge on any atom is 0.511 e. The molecule has 1 aromatic carbocycles. The van der Waals surface area contributed by atoms with Gasteiger partial charge in [-0.25, -0.2) is 4.79 Å². The molecule has 1 aromatic rings. The lowest BCUT2D eigenvalue weighted by molar-refractivity contribution is 0.141. The second-order valence-electron chi connectivity index (χ2n) is 11.6. The molecule has 0 aliphatic carbocycles. The first kappa shape index (κ1) is 36.1. The zero-order valence-electron chi connectivity index (χ0n) is 26.6. The minimum absolute atomic E-state index is 0.0193. The fraction of sp³-hybridized carbons (Fsp3) is 0.800. The molecule has 0 spiro atoms. The smallest absolute Gasteiger partial charge is 0.504 e. The summed E-state index contributed by atoms with van der Waals surface area (Å²) in [6.45, 7) is 6.72. The fourth-order valence-electron chi connectivity index (χ4n) is 5.85. The van der Waals surface area contributed by atoms with Crippen molar-refractivity contribution in [3.63, 3.8) is 0 Å². The van der Waals surface area contributed by atoms with Crippen molar-refractivity contribution >= 4 is 6.16 Å². The van der Waals surface area contributed by atoms with Gasteiger partial charge < -0.3 is 19.7 Å². The maximum absolute atomic E-state index is 11.6. The van der Waals surface area contributed by atoms with Crippen molar-refractivity contribution in [3.8, 4) is 17.2 Å². The summed E-state index contributed by atoms with van der Waals surface area (Å²) in [5.74, 6) is 0.354. The third-order valence-corrected chi connectivity index (χ3v) is 8.19. The number of ether oxygens (including phenoxy) is 2. The molecule has 232 valence electrons. The van der Waals surface area contributed by atoms with Gasteiger partial charge in [0.2, 0.25) is 5.75 Å². The van der Waals surface area contributed by atoms with Gasteiger partial charge in [0.25, 0.3) is 0 Å². The van der Waals surface area contributed by atoms with Gasteiger partial charge in [0.15, 0.2) is 11.5 Å². The number of hydrogen-bond donors (Lipinski definition) is 2. The van der Waals surface area contributed by atoms with Crippen LogP contribution < -0.4 is 9.47 Å². The summed E-state index contributed by atoms with van der Waals surface area (Å²) >= 11 is 0. The molecule has 0 atom stereocenters. The number of unbranched alkanes of at least 4 members (excludes halogenated alkanes) is 18. The molecule has 0 heterocycles. The van der Waals surface area contributed by atoms with Crippen LogP contribution in [0.4, 0.5) is 4.79 Å². The van der Waals surface area contributed by atoms with E-state index in [9.17, 15) is 15.0 Å². The van der Waals surface area contributed by atoms with Gasteiger partial charge in [-0.3, -0.25) is 0 Å². The van der Waals surface area contributed by atoms with E-state index in [-0.39, 0.29) is 11.5 Å². The highest BCUT2D eigenvalue weighted by molar-refractivity contribution is 5.70. The van der Waals surface area contributed by atoms with Crippen molar-refractivity contribution in [2.45, 2.75) is 175 Å². The second kappa shape index (κ2) is 23.8.